The number of piperidine rings is 1. The van der Waals surface area contributed by atoms with Gasteiger partial charge in [-0.3, -0.25) is 14.7 Å². The van der Waals surface area contributed by atoms with Gasteiger partial charge in [0.2, 0.25) is 5.91 Å². The summed E-state index contributed by atoms with van der Waals surface area (Å²) >= 11 is 0. The fourth-order valence-electron chi connectivity index (χ4n) is 3.51. The predicted molar refractivity (Wildman–Crippen MR) is 100 cm³/mol. The largest absolute Gasteiger partial charge is 0.371 e. The number of rotatable bonds is 5. The van der Waals surface area contributed by atoms with Crippen LogP contribution in [0.5, 0.6) is 0 Å². The van der Waals surface area contributed by atoms with Gasteiger partial charge in [-0.1, -0.05) is 12.1 Å². The molecule has 2 heterocycles. The molecule has 0 spiro atoms. The van der Waals surface area contributed by atoms with Crippen LogP contribution in [0.4, 0.5) is 10.1 Å². The summed E-state index contributed by atoms with van der Waals surface area (Å²) in [5.74, 6) is -0.278. The number of carbonyl (C=O) groups excluding carboxylic acids is 1. The molecular formula is C20H25FN4O. The van der Waals surface area contributed by atoms with E-state index in [1.807, 2.05) is 12.3 Å². The van der Waals surface area contributed by atoms with Crippen LogP contribution in [0, 0.1) is 5.82 Å². The van der Waals surface area contributed by atoms with Crippen LogP contribution in [0.1, 0.15) is 18.4 Å². The second kappa shape index (κ2) is 7.83. The van der Waals surface area contributed by atoms with Crippen molar-refractivity contribution in [3.8, 4) is 0 Å². The normalized spacial score (nSPS) is 16.9. The van der Waals surface area contributed by atoms with Crippen LogP contribution in [0.25, 0.3) is 0 Å². The highest BCUT2D eigenvalue weighted by Crippen LogP contribution is 2.29. The first-order valence-corrected chi connectivity index (χ1v) is 8.85. The molecule has 26 heavy (non-hydrogen) atoms. The van der Waals surface area contributed by atoms with Gasteiger partial charge in [-0.15, -0.1) is 0 Å². The first-order chi connectivity index (χ1) is 12.5. The molecule has 6 heteroatoms. The van der Waals surface area contributed by atoms with Crippen molar-refractivity contribution in [1.29, 1.82) is 0 Å². The van der Waals surface area contributed by atoms with Gasteiger partial charge in [-0.2, -0.15) is 0 Å². The van der Waals surface area contributed by atoms with Crippen molar-refractivity contribution in [1.82, 2.24) is 14.8 Å². The van der Waals surface area contributed by atoms with Crippen LogP contribution < -0.4 is 5.32 Å². The molecule has 1 saturated heterocycles. The lowest BCUT2D eigenvalue weighted by Gasteiger charge is -2.43. The van der Waals surface area contributed by atoms with E-state index < -0.39 is 5.54 Å². The SMILES string of the molecule is CN(C)C(=O)C1(Nc2cccc(F)c2)CCN(Cc2cccnc2)CC1. The van der Waals surface area contributed by atoms with Crippen molar-refractivity contribution in [3.63, 3.8) is 0 Å². The Morgan fingerprint density at radius 3 is 2.65 bits per heavy atom. The molecule has 3 rings (SSSR count). The number of amides is 1. The van der Waals surface area contributed by atoms with Crippen molar-refractivity contribution < 1.29 is 9.18 Å². The fourth-order valence-corrected chi connectivity index (χ4v) is 3.51. The van der Waals surface area contributed by atoms with E-state index in [1.165, 1.54) is 12.1 Å². The lowest BCUT2D eigenvalue weighted by atomic mass is 9.85. The van der Waals surface area contributed by atoms with Gasteiger partial charge in [0.1, 0.15) is 11.4 Å². The summed E-state index contributed by atoms with van der Waals surface area (Å²) in [5, 5.41) is 3.33. The van der Waals surface area contributed by atoms with Gasteiger partial charge in [0, 0.05) is 51.8 Å². The first-order valence-electron chi connectivity index (χ1n) is 8.85. The van der Waals surface area contributed by atoms with Crippen molar-refractivity contribution in [2.75, 3.05) is 32.5 Å². The lowest BCUT2D eigenvalue weighted by molar-refractivity contribution is -0.135. The quantitative estimate of drug-likeness (QED) is 0.895. The van der Waals surface area contributed by atoms with Crippen molar-refractivity contribution in [2.45, 2.75) is 24.9 Å². The maximum atomic E-state index is 13.6. The first kappa shape index (κ1) is 18.3. The average Bonchev–Trinajstić information content (AvgIpc) is 2.64. The Bertz CT molecular complexity index is 742. The number of hydrogen-bond acceptors (Lipinski definition) is 4. The van der Waals surface area contributed by atoms with Gasteiger partial charge in [0.05, 0.1) is 0 Å². The number of likely N-dealkylation sites (tertiary alicyclic amines) is 1. The molecule has 0 radical (unpaired) electrons. The standard InChI is InChI=1S/C20H25FN4O/c1-24(2)19(26)20(23-18-7-3-6-17(21)13-18)8-11-25(12-9-20)15-16-5-4-10-22-14-16/h3-7,10,13-14,23H,8-9,11-12,15H2,1-2H3. The molecule has 5 nitrogen and oxygen atoms in total. The zero-order chi connectivity index (χ0) is 18.6. The molecule has 0 aliphatic carbocycles. The Hall–Kier alpha value is -2.47. The van der Waals surface area contributed by atoms with E-state index in [2.05, 4.69) is 21.3 Å². The molecule has 0 atom stereocenters. The van der Waals surface area contributed by atoms with E-state index in [1.54, 1.807) is 37.3 Å². The molecule has 1 fully saturated rings. The number of anilines is 1. The third-order valence-electron chi connectivity index (χ3n) is 4.86. The zero-order valence-corrected chi connectivity index (χ0v) is 15.3. The van der Waals surface area contributed by atoms with Gasteiger partial charge in [-0.05, 0) is 42.7 Å². The minimum atomic E-state index is -0.706. The minimum Gasteiger partial charge on any atom is -0.371 e. The van der Waals surface area contributed by atoms with Crippen molar-refractivity contribution in [2.24, 2.45) is 0 Å². The second-order valence-electron chi connectivity index (χ2n) is 7.05. The number of halogens is 1. The van der Waals surface area contributed by atoms with E-state index in [4.69, 9.17) is 0 Å². The van der Waals surface area contributed by atoms with Crippen LogP contribution in [0.2, 0.25) is 0 Å². The molecule has 1 aromatic carbocycles. The molecule has 0 saturated carbocycles. The van der Waals surface area contributed by atoms with Crippen LogP contribution in [-0.2, 0) is 11.3 Å². The highest BCUT2D eigenvalue weighted by molar-refractivity contribution is 5.89. The van der Waals surface area contributed by atoms with Crippen molar-refractivity contribution >= 4 is 11.6 Å². The van der Waals surface area contributed by atoms with Gasteiger partial charge in [0.15, 0.2) is 0 Å². The van der Waals surface area contributed by atoms with Gasteiger partial charge >= 0.3 is 0 Å². The third kappa shape index (κ3) is 4.19. The van der Waals surface area contributed by atoms with Gasteiger partial charge in [-0.25, -0.2) is 4.39 Å². The molecule has 1 N–H and O–H groups in total. The fraction of sp³-hybridized carbons (Fsp3) is 0.400. The number of benzene rings is 1. The Kier molecular flexibility index (Phi) is 5.52. The van der Waals surface area contributed by atoms with Crippen LogP contribution >= 0.6 is 0 Å². The van der Waals surface area contributed by atoms with E-state index in [0.717, 1.165) is 25.2 Å². The number of pyridine rings is 1. The summed E-state index contributed by atoms with van der Waals surface area (Å²) in [6.07, 6.45) is 4.97. The topological polar surface area (TPSA) is 48.5 Å². The Morgan fingerprint density at radius 1 is 1.27 bits per heavy atom. The maximum absolute atomic E-state index is 13.6. The molecule has 0 unspecified atom stereocenters. The molecular weight excluding hydrogens is 331 g/mol. The molecule has 1 aliphatic rings. The van der Waals surface area contributed by atoms with E-state index >= 15 is 0 Å². The minimum absolute atomic E-state index is 0.0304. The van der Waals surface area contributed by atoms with Gasteiger partial charge < -0.3 is 10.2 Å². The molecule has 1 amide bonds. The third-order valence-corrected chi connectivity index (χ3v) is 4.86. The molecule has 1 aromatic heterocycles. The smallest absolute Gasteiger partial charge is 0.247 e. The van der Waals surface area contributed by atoms with E-state index in [0.29, 0.717) is 18.5 Å². The number of nitrogens with zero attached hydrogens (tertiary/aromatic N) is 3. The van der Waals surface area contributed by atoms with E-state index in [-0.39, 0.29) is 11.7 Å². The number of hydrogen-bond donors (Lipinski definition) is 1. The highest BCUT2D eigenvalue weighted by Gasteiger charge is 2.42. The van der Waals surface area contributed by atoms with Crippen LogP contribution in [0.15, 0.2) is 48.8 Å². The van der Waals surface area contributed by atoms with Crippen molar-refractivity contribution in [3.05, 3.63) is 60.2 Å². The highest BCUT2D eigenvalue weighted by atomic mass is 19.1. The summed E-state index contributed by atoms with van der Waals surface area (Å²) in [6, 6.07) is 10.3. The summed E-state index contributed by atoms with van der Waals surface area (Å²) < 4.78 is 13.6. The number of nitrogens with one attached hydrogen (secondary N) is 1. The van der Waals surface area contributed by atoms with Crippen LogP contribution in [0.3, 0.4) is 0 Å². The second-order valence-corrected chi connectivity index (χ2v) is 7.05. The Labute approximate surface area is 153 Å². The molecule has 2 aromatic rings. The predicted octanol–water partition coefficient (Wildman–Crippen LogP) is 2.76. The molecule has 138 valence electrons. The maximum Gasteiger partial charge on any atom is 0.247 e. The zero-order valence-electron chi connectivity index (χ0n) is 15.3. The summed E-state index contributed by atoms with van der Waals surface area (Å²) in [5.41, 5.74) is 1.10. The molecule has 1 aliphatic heterocycles. The Balaban J connectivity index is 1.73. The van der Waals surface area contributed by atoms with Crippen LogP contribution in [-0.4, -0.2) is 53.4 Å². The summed E-state index contributed by atoms with van der Waals surface area (Å²) in [6.45, 7) is 2.40. The Morgan fingerprint density at radius 2 is 2.04 bits per heavy atom. The number of carbonyl (C=O) groups is 1. The summed E-state index contributed by atoms with van der Waals surface area (Å²) in [4.78, 5) is 21.0. The monoisotopic (exact) mass is 356 g/mol. The number of aromatic nitrogens is 1. The number of likely N-dealkylation sites (N-methyl/N-ethyl adjacent to an activating group) is 1. The molecule has 0 bridgehead atoms. The van der Waals surface area contributed by atoms with E-state index in [9.17, 15) is 9.18 Å². The summed E-state index contributed by atoms with van der Waals surface area (Å²) in [7, 11) is 3.53. The average molecular weight is 356 g/mol. The lowest BCUT2D eigenvalue weighted by Crippen LogP contribution is -2.57. The van der Waals surface area contributed by atoms with Gasteiger partial charge in [0.25, 0.3) is 0 Å².